The molecule has 3 nitrogen and oxygen atoms in total. The SMILES string of the molecule is CCC1(CC)CCN(C(=O)c2cc(N)cc(C)c2F)C1. The number of nitrogens with two attached hydrogens (primary N) is 1. The van der Waals surface area contributed by atoms with E-state index in [4.69, 9.17) is 5.73 Å². The Balaban J connectivity index is 2.26. The standard InChI is InChI=1S/C16H23FN2O/c1-4-16(5-2)6-7-19(10-16)15(20)13-9-12(18)8-11(3)14(13)17/h8-9H,4-7,10,18H2,1-3H3. The molecule has 1 heterocycles. The van der Waals surface area contributed by atoms with Gasteiger partial charge >= 0.3 is 0 Å². The lowest BCUT2D eigenvalue weighted by Gasteiger charge is -2.26. The molecular weight excluding hydrogens is 255 g/mol. The Morgan fingerprint density at radius 3 is 2.60 bits per heavy atom. The molecule has 110 valence electrons. The highest BCUT2D eigenvalue weighted by atomic mass is 19.1. The summed E-state index contributed by atoms with van der Waals surface area (Å²) in [5.41, 5.74) is 6.89. The zero-order valence-electron chi connectivity index (χ0n) is 12.5. The number of hydrogen-bond donors (Lipinski definition) is 1. The number of benzene rings is 1. The summed E-state index contributed by atoms with van der Waals surface area (Å²) in [6.45, 7) is 7.36. The summed E-state index contributed by atoms with van der Waals surface area (Å²) < 4.78 is 14.1. The first-order chi connectivity index (χ1) is 9.42. The molecule has 0 aliphatic carbocycles. The molecule has 1 saturated heterocycles. The molecule has 1 amide bonds. The first-order valence-corrected chi connectivity index (χ1v) is 7.27. The number of aryl methyl sites for hydroxylation is 1. The van der Waals surface area contributed by atoms with Gasteiger partial charge < -0.3 is 10.6 Å². The number of nitrogen functional groups attached to an aromatic ring is 1. The van der Waals surface area contributed by atoms with Crippen molar-refractivity contribution in [3.05, 3.63) is 29.1 Å². The molecule has 2 N–H and O–H groups in total. The Kier molecular flexibility index (Phi) is 4.02. The first kappa shape index (κ1) is 14.8. The van der Waals surface area contributed by atoms with Crippen LogP contribution in [0.2, 0.25) is 0 Å². The van der Waals surface area contributed by atoms with Crippen molar-refractivity contribution in [2.45, 2.75) is 40.0 Å². The third-order valence-electron chi connectivity index (χ3n) is 4.73. The fraction of sp³-hybridized carbons (Fsp3) is 0.562. The van der Waals surface area contributed by atoms with Gasteiger partial charge in [0.25, 0.3) is 5.91 Å². The van der Waals surface area contributed by atoms with Gasteiger partial charge in [-0.2, -0.15) is 0 Å². The number of rotatable bonds is 3. The van der Waals surface area contributed by atoms with Crippen LogP contribution < -0.4 is 5.73 Å². The smallest absolute Gasteiger partial charge is 0.256 e. The number of carbonyl (C=O) groups excluding carboxylic acids is 1. The molecule has 1 fully saturated rings. The van der Waals surface area contributed by atoms with Gasteiger partial charge in [0.15, 0.2) is 0 Å². The number of anilines is 1. The Hall–Kier alpha value is -1.58. The molecule has 0 radical (unpaired) electrons. The second kappa shape index (κ2) is 5.43. The molecule has 0 spiro atoms. The quantitative estimate of drug-likeness (QED) is 0.862. The summed E-state index contributed by atoms with van der Waals surface area (Å²) >= 11 is 0. The maximum atomic E-state index is 14.1. The van der Waals surface area contributed by atoms with E-state index in [0.29, 0.717) is 24.3 Å². The minimum absolute atomic E-state index is 0.102. The van der Waals surface area contributed by atoms with E-state index in [1.54, 1.807) is 17.9 Å². The topological polar surface area (TPSA) is 46.3 Å². The second-order valence-electron chi connectivity index (χ2n) is 5.88. The minimum atomic E-state index is -0.449. The van der Waals surface area contributed by atoms with Gasteiger partial charge in [-0.15, -0.1) is 0 Å². The van der Waals surface area contributed by atoms with Crippen LogP contribution in [-0.2, 0) is 0 Å². The third-order valence-corrected chi connectivity index (χ3v) is 4.73. The van der Waals surface area contributed by atoms with Crippen molar-refractivity contribution in [3.63, 3.8) is 0 Å². The van der Waals surface area contributed by atoms with Crippen molar-refractivity contribution in [2.75, 3.05) is 18.8 Å². The summed E-state index contributed by atoms with van der Waals surface area (Å²) in [7, 11) is 0. The molecule has 0 unspecified atom stereocenters. The molecule has 0 atom stereocenters. The fourth-order valence-corrected chi connectivity index (χ4v) is 3.06. The van der Waals surface area contributed by atoms with Crippen molar-refractivity contribution < 1.29 is 9.18 Å². The lowest BCUT2D eigenvalue weighted by atomic mass is 9.82. The van der Waals surface area contributed by atoms with Crippen molar-refractivity contribution in [3.8, 4) is 0 Å². The van der Waals surface area contributed by atoms with Gasteiger partial charge in [-0.3, -0.25) is 4.79 Å². The first-order valence-electron chi connectivity index (χ1n) is 7.27. The summed E-state index contributed by atoms with van der Waals surface area (Å²) in [5.74, 6) is -0.684. The fourth-order valence-electron chi connectivity index (χ4n) is 3.06. The van der Waals surface area contributed by atoms with Crippen LogP contribution >= 0.6 is 0 Å². The van der Waals surface area contributed by atoms with E-state index >= 15 is 0 Å². The molecule has 1 aromatic carbocycles. The van der Waals surface area contributed by atoms with E-state index < -0.39 is 5.82 Å². The second-order valence-corrected chi connectivity index (χ2v) is 5.88. The van der Waals surface area contributed by atoms with Crippen LogP contribution in [0, 0.1) is 18.2 Å². The lowest BCUT2D eigenvalue weighted by Crippen LogP contribution is -2.32. The van der Waals surface area contributed by atoms with Crippen LogP contribution in [0.25, 0.3) is 0 Å². The van der Waals surface area contributed by atoms with Crippen molar-refractivity contribution in [2.24, 2.45) is 5.41 Å². The largest absolute Gasteiger partial charge is 0.399 e. The van der Waals surface area contributed by atoms with E-state index in [1.165, 1.54) is 6.07 Å². The predicted octanol–water partition coefficient (Wildman–Crippen LogP) is 3.37. The molecule has 0 aromatic heterocycles. The van der Waals surface area contributed by atoms with Gasteiger partial charge in [0, 0.05) is 18.8 Å². The number of nitrogens with zero attached hydrogens (tertiary/aromatic N) is 1. The maximum absolute atomic E-state index is 14.1. The maximum Gasteiger partial charge on any atom is 0.256 e. The average molecular weight is 278 g/mol. The number of carbonyl (C=O) groups is 1. The summed E-state index contributed by atoms with van der Waals surface area (Å²) in [6.07, 6.45) is 3.09. The van der Waals surface area contributed by atoms with Crippen LogP contribution in [0.4, 0.5) is 10.1 Å². The number of hydrogen-bond acceptors (Lipinski definition) is 2. The third kappa shape index (κ3) is 2.51. The van der Waals surface area contributed by atoms with Crippen LogP contribution in [0.3, 0.4) is 0 Å². The molecular formula is C16H23FN2O. The van der Waals surface area contributed by atoms with Crippen molar-refractivity contribution in [1.29, 1.82) is 0 Å². The van der Waals surface area contributed by atoms with Crippen LogP contribution in [0.15, 0.2) is 12.1 Å². The van der Waals surface area contributed by atoms with Crippen LogP contribution in [0.1, 0.15) is 49.0 Å². The molecule has 1 aliphatic rings. The molecule has 2 rings (SSSR count). The molecule has 1 aromatic rings. The van der Waals surface area contributed by atoms with Gasteiger partial charge in [0.05, 0.1) is 5.56 Å². The highest BCUT2D eigenvalue weighted by molar-refractivity contribution is 5.95. The van der Waals surface area contributed by atoms with Gasteiger partial charge in [-0.25, -0.2) is 4.39 Å². The van der Waals surface area contributed by atoms with Gasteiger partial charge in [0.1, 0.15) is 5.82 Å². The van der Waals surface area contributed by atoms with Crippen LogP contribution in [-0.4, -0.2) is 23.9 Å². The molecule has 0 bridgehead atoms. The van der Waals surface area contributed by atoms with Crippen molar-refractivity contribution >= 4 is 11.6 Å². The predicted molar refractivity (Wildman–Crippen MR) is 79.1 cm³/mol. The van der Waals surface area contributed by atoms with Gasteiger partial charge in [-0.05, 0) is 49.3 Å². The minimum Gasteiger partial charge on any atom is -0.399 e. The van der Waals surface area contributed by atoms with Crippen LogP contribution in [0.5, 0.6) is 0 Å². The normalized spacial score (nSPS) is 17.5. The molecule has 20 heavy (non-hydrogen) atoms. The van der Waals surface area contributed by atoms with E-state index in [0.717, 1.165) is 19.3 Å². The highest BCUT2D eigenvalue weighted by Gasteiger charge is 2.37. The summed E-state index contributed by atoms with van der Waals surface area (Å²) in [5, 5.41) is 0. The number of amides is 1. The zero-order valence-corrected chi connectivity index (χ0v) is 12.5. The van der Waals surface area contributed by atoms with E-state index in [-0.39, 0.29) is 16.9 Å². The van der Waals surface area contributed by atoms with Crippen molar-refractivity contribution in [1.82, 2.24) is 4.90 Å². The Morgan fingerprint density at radius 2 is 2.05 bits per heavy atom. The number of halogens is 1. The summed E-state index contributed by atoms with van der Waals surface area (Å²) in [6, 6.07) is 3.00. The van der Waals surface area contributed by atoms with E-state index in [9.17, 15) is 9.18 Å². The van der Waals surface area contributed by atoms with E-state index in [1.807, 2.05) is 0 Å². The zero-order chi connectivity index (χ0) is 14.9. The highest BCUT2D eigenvalue weighted by Crippen LogP contribution is 2.37. The Morgan fingerprint density at radius 1 is 1.40 bits per heavy atom. The number of likely N-dealkylation sites (tertiary alicyclic amines) is 1. The Bertz CT molecular complexity index is 523. The lowest BCUT2D eigenvalue weighted by molar-refractivity contribution is 0.0765. The Labute approximate surface area is 120 Å². The molecule has 0 saturated carbocycles. The average Bonchev–Trinajstić information content (AvgIpc) is 2.87. The molecule has 1 aliphatic heterocycles. The monoisotopic (exact) mass is 278 g/mol. The molecule has 4 heteroatoms. The van der Waals surface area contributed by atoms with Gasteiger partial charge in [0.2, 0.25) is 0 Å². The summed E-state index contributed by atoms with van der Waals surface area (Å²) in [4.78, 5) is 14.3. The van der Waals surface area contributed by atoms with E-state index in [2.05, 4.69) is 13.8 Å². The van der Waals surface area contributed by atoms with Gasteiger partial charge in [-0.1, -0.05) is 13.8 Å².